The van der Waals surface area contributed by atoms with Crippen molar-refractivity contribution in [2.24, 2.45) is 0 Å². The summed E-state index contributed by atoms with van der Waals surface area (Å²) in [5.74, 6) is 0.603. The van der Waals surface area contributed by atoms with Crippen molar-refractivity contribution in [1.82, 2.24) is 0 Å². The van der Waals surface area contributed by atoms with Crippen LogP contribution < -0.4 is 4.74 Å². The van der Waals surface area contributed by atoms with Crippen LogP contribution in [-0.4, -0.2) is 24.1 Å². The van der Waals surface area contributed by atoms with Gasteiger partial charge in [0, 0.05) is 12.2 Å². The van der Waals surface area contributed by atoms with Crippen LogP contribution in [0.15, 0.2) is 48.5 Å². The van der Waals surface area contributed by atoms with Gasteiger partial charge in [0.1, 0.15) is 5.75 Å². The molecule has 0 bridgehead atoms. The lowest BCUT2D eigenvalue weighted by molar-refractivity contribution is 0.0921. The number of aryl methyl sites for hydroxylation is 1. The van der Waals surface area contributed by atoms with Crippen LogP contribution in [0.4, 0.5) is 0 Å². The molecule has 0 spiro atoms. The number of para-hydroxylation sites is 1. The fourth-order valence-electron chi connectivity index (χ4n) is 1.94. The van der Waals surface area contributed by atoms with Gasteiger partial charge in [-0.3, -0.25) is 4.79 Å². The van der Waals surface area contributed by atoms with Crippen molar-refractivity contribution in [2.75, 3.05) is 13.2 Å². The highest BCUT2D eigenvalue weighted by Gasteiger charge is 2.08. The molecule has 0 aromatic heterocycles. The third-order valence-electron chi connectivity index (χ3n) is 3.09. The molecule has 0 radical (unpaired) electrons. The van der Waals surface area contributed by atoms with E-state index in [1.807, 2.05) is 43.3 Å². The van der Waals surface area contributed by atoms with Crippen LogP contribution in [-0.2, 0) is 6.42 Å². The molecule has 20 heavy (non-hydrogen) atoms. The average molecular weight is 270 g/mol. The van der Waals surface area contributed by atoms with E-state index in [2.05, 4.69) is 0 Å². The van der Waals surface area contributed by atoms with E-state index < -0.39 is 0 Å². The molecule has 104 valence electrons. The Morgan fingerprint density at radius 3 is 2.50 bits per heavy atom. The van der Waals surface area contributed by atoms with Crippen LogP contribution in [0.1, 0.15) is 21.5 Å². The highest BCUT2D eigenvalue weighted by Crippen LogP contribution is 2.18. The molecule has 2 aromatic rings. The fraction of sp³-hybridized carbons (Fsp3) is 0.235. The molecule has 1 N–H and O–H groups in total. The second kappa shape index (κ2) is 6.87. The van der Waals surface area contributed by atoms with Gasteiger partial charge in [-0.15, -0.1) is 0 Å². The normalized spacial score (nSPS) is 10.3. The van der Waals surface area contributed by atoms with E-state index in [4.69, 9.17) is 9.84 Å². The van der Waals surface area contributed by atoms with Gasteiger partial charge in [0.2, 0.25) is 0 Å². The molecule has 0 aliphatic carbocycles. The first-order valence-electron chi connectivity index (χ1n) is 6.62. The highest BCUT2D eigenvalue weighted by atomic mass is 16.5. The van der Waals surface area contributed by atoms with Crippen LogP contribution in [0.2, 0.25) is 0 Å². The summed E-state index contributed by atoms with van der Waals surface area (Å²) in [6, 6.07) is 14.9. The number of ether oxygens (including phenoxy) is 1. The number of carbonyl (C=O) groups excluding carboxylic acids is 1. The molecule has 0 saturated carbocycles. The Balaban J connectivity index is 2.01. The van der Waals surface area contributed by atoms with E-state index in [1.165, 1.54) is 0 Å². The maximum Gasteiger partial charge on any atom is 0.200 e. The highest BCUT2D eigenvalue weighted by molar-refractivity contribution is 5.97. The summed E-state index contributed by atoms with van der Waals surface area (Å²) in [6.07, 6.45) is 0.523. The first-order chi connectivity index (χ1) is 9.70. The third kappa shape index (κ3) is 3.68. The van der Waals surface area contributed by atoms with E-state index in [9.17, 15) is 4.79 Å². The standard InChI is InChI=1S/C17H18O3/c1-13-6-8-14(9-7-13)16(19)12-20-17-5-3-2-4-15(17)10-11-18/h2-9,18H,10-12H2,1H3. The Kier molecular flexibility index (Phi) is 4.91. The van der Waals surface area contributed by atoms with Gasteiger partial charge in [0.15, 0.2) is 12.4 Å². The minimum absolute atomic E-state index is 0.00546. The lowest BCUT2D eigenvalue weighted by Crippen LogP contribution is -2.12. The largest absolute Gasteiger partial charge is 0.485 e. The van der Waals surface area contributed by atoms with Gasteiger partial charge in [-0.2, -0.15) is 0 Å². The molecule has 0 atom stereocenters. The number of rotatable bonds is 6. The number of hydrogen-bond donors (Lipinski definition) is 1. The van der Waals surface area contributed by atoms with Crippen molar-refractivity contribution in [1.29, 1.82) is 0 Å². The van der Waals surface area contributed by atoms with E-state index >= 15 is 0 Å². The topological polar surface area (TPSA) is 46.5 Å². The Hall–Kier alpha value is -2.13. The van der Waals surface area contributed by atoms with Crippen molar-refractivity contribution in [3.63, 3.8) is 0 Å². The van der Waals surface area contributed by atoms with Crippen LogP contribution in [0.3, 0.4) is 0 Å². The second-order valence-electron chi connectivity index (χ2n) is 4.66. The molecule has 0 fully saturated rings. The summed E-state index contributed by atoms with van der Waals surface area (Å²) in [5, 5.41) is 9.00. The first kappa shape index (κ1) is 14.3. The lowest BCUT2D eigenvalue weighted by Gasteiger charge is -2.10. The molecular weight excluding hydrogens is 252 g/mol. The van der Waals surface area contributed by atoms with Crippen molar-refractivity contribution in [3.05, 3.63) is 65.2 Å². The minimum Gasteiger partial charge on any atom is -0.485 e. The predicted octanol–water partition coefficient (Wildman–Crippen LogP) is 2.79. The fourth-order valence-corrected chi connectivity index (χ4v) is 1.94. The van der Waals surface area contributed by atoms with E-state index in [0.717, 1.165) is 11.1 Å². The smallest absolute Gasteiger partial charge is 0.200 e. The van der Waals surface area contributed by atoms with Gasteiger partial charge < -0.3 is 9.84 Å². The van der Waals surface area contributed by atoms with Gasteiger partial charge in [-0.1, -0.05) is 48.0 Å². The maximum absolute atomic E-state index is 12.0. The zero-order valence-corrected chi connectivity index (χ0v) is 11.5. The zero-order chi connectivity index (χ0) is 14.4. The molecule has 2 aromatic carbocycles. The molecule has 0 amide bonds. The Morgan fingerprint density at radius 2 is 1.80 bits per heavy atom. The van der Waals surface area contributed by atoms with Gasteiger partial charge in [-0.05, 0) is 25.0 Å². The van der Waals surface area contributed by atoms with E-state index in [0.29, 0.717) is 17.7 Å². The van der Waals surface area contributed by atoms with Crippen molar-refractivity contribution in [2.45, 2.75) is 13.3 Å². The molecule has 0 aliphatic heterocycles. The summed E-state index contributed by atoms with van der Waals surface area (Å²) in [7, 11) is 0. The zero-order valence-electron chi connectivity index (χ0n) is 11.5. The summed E-state index contributed by atoms with van der Waals surface area (Å²) >= 11 is 0. The van der Waals surface area contributed by atoms with Crippen LogP contribution in [0, 0.1) is 6.92 Å². The maximum atomic E-state index is 12.0. The van der Waals surface area contributed by atoms with Gasteiger partial charge in [0.25, 0.3) is 0 Å². The summed E-state index contributed by atoms with van der Waals surface area (Å²) < 4.78 is 5.58. The summed E-state index contributed by atoms with van der Waals surface area (Å²) in [5.41, 5.74) is 2.68. The van der Waals surface area contributed by atoms with E-state index in [1.54, 1.807) is 12.1 Å². The lowest BCUT2D eigenvalue weighted by atomic mass is 10.1. The van der Waals surface area contributed by atoms with Crippen molar-refractivity contribution in [3.8, 4) is 5.75 Å². The Morgan fingerprint density at radius 1 is 1.10 bits per heavy atom. The molecule has 3 heteroatoms. The van der Waals surface area contributed by atoms with Gasteiger partial charge >= 0.3 is 0 Å². The van der Waals surface area contributed by atoms with Crippen molar-refractivity contribution < 1.29 is 14.6 Å². The molecule has 3 nitrogen and oxygen atoms in total. The van der Waals surface area contributed by atoms with E-state index in [-0.39, 0.29) is 19.0 Å². The van der Waals surface area contributed by atoms with Crippen LogP contribution in [0.25, 0.3) is 0 Å². The van der Waals surface area contributed by atoms with Crippen molar-refractivity contribution >= 4 is 5.78 Å². The summed E-state index contributed by atoms with van der Waals surface area (Å²) in [6.45, 7) is 2.05. The minimum atomic E-state index is -0.0520. The number of carbonyl (C=O) groups is 1. The quantitative estimate of drug-likeness (QED) is 0.821. The first-order valence-corrected chi connectivity index (χ1v) is 6.62. The molecular formula is C17H18O3. The molecule has 0 heterocycles. The van der Waals surface area contributed by atoms with Gasteiger partial charge in [-0.25, -0.2) is 0 Å². The van der Waals surface area contributed by atoms with Crippen LogP contribution in [0.5, 0.6) is 5.75 Å². The molecule has 0 saturated heterocycles. The SMILES string of the molecule is Cc1ccc(C(=O)COc2ccccc2CCO)cc1. The van der Waals surface area contributed by atoms with Gasteiger partial charge in [0.05, 0.1) is 0 Å². The number of Topliss-reactive ketones (excluding diaryl/α,β-unsaturated/α-hetero) is 1. The Bertz CT molecular complexity index is 573. The molecule has 2 rings (SSSR count). The van der Waals surface area contributed by atoms with Crippen LogP contribution >= 0.6 is 0 Å². The number of aliphatic hydroxyl groups is 1. The molecule has 0 aliphatic rings. The molecule has 0 unspecified atom stereocenters. The number of benzene rings is 2. The second-order valence-corrected chi connectivity index (χ2v) is 4.66. The Labute approximate surface area is 118 Å². The number of aliphatic hydroxyl groups excluding tert-OH is 1. The summed E-state index contributed by atoms with van der Waals surface area (Å²) in [4.78, 5) is 12.0. The number of hydrogen-bond acceptors (Lipinski definition) is 3. The number of ketones is 1. The monoisotopic (exact) mass is 270 g/mol. The average Bonchev–Trinajstić information content (AvgIpc) is 2.47. The third-order valence-corrected chi connectivity index (χ3v) is 3.09. The predicted molar refractivity (Wildman–Crippen MR) is 78.2 cm³/mol.